The van der Waals surface area contributed by atoms with E-state index in [2.05, 4.69) is 5.32 Å². The third kappa shape index (κ3) is 3.49. The number of sulfone groups is 1. The number of alkyl halides is 3. The van der Waals surface area contributed by atoms with Gasteiger partial charge in [0.15, 0.2) is 0 Å². The van der Waals surface area contributed by atoms with Gasteiger partial charge in [0.1, 0.15) is 0 Å². The van der Waals surface area contributed by atoms with Crippen molar-refractivity contribution in [2.24, 2.45) is 0 Å². The molecule has 0 atom stereocenters. The third-order valence-electron chi connectivity index (χ3n) is 3.54. The van der Waals surface area contributed by atoms with E-state index in [4.69, 9.17) is 0 Å². The number of hydrogen-bond donors (Lipinski definition) is 2. The summed E-state index contributed by atoms with van der Waals surface area (Å²) in [6.45, 7) is 3.20. The van der Waals surface area contributed by atoms with Gasteiger partial charge in [0.25, 0.3) is 9.84 Å². The lowest BCUT2D eigenvalue weighted by atomic mass is 9.93. The Hall–Kier alpha value is -1.28. The van der Waals surface area contributed by atoms with Crippen molar-refractivity contribution in [3.05, 3.63) is 24.3 Å². The Morgan fingerprint density at radius 3 is 2.10 bits per heavy atom. The minimum atomic E-state index is -5.45. The first-order valence-corrected chi connectivity index (χ1v) is 7.91. The molecule has 0 radical (unpaired) electrons. The van der Waals surface area contributed by atoms with Gasteiger partial charge in [-0.05, 0) is 25.0 Å². The van der Waals surface area contributed by atoms with E-state index in [-0.39, 0.29) is 12.3 Å². The summed E-state index contributed by atoms with van der Waals surface area (Å²) in [6, 6.07) is 4.82. The predicted molar refractivity (Wildman–Crippen MR) is 73.7 cm³/mol. The summed E-state index contributed by atoms with van der Waals surface area (Å²) in [5.74, 6) is 0. The van der Waals surface area contributed by atoms with Crippen molar-refractivity contribution < 1.29 is 26.7 Å². The number of halogens is 3. The SMILES string of the molecule is CCC(CC)(CO)Nc1ccccc1S(=O)(=O)C(F)(F)F. The summed E-state index contributed by atoms with van der Waals surface area (Å²) >= 11 is 0. The maximum absolute atomic E-state index is 12.7. The van der Waals surface area contributed by atoms with Gasteiger partial charge >= 0.3 is 5.51 Å². The van der Waals surface area contributed by atoms with Crippen molar-refractivity contribution in [3.8, 4) is 0 Å². The lowest BCUT2D eigenvalue weighted by Crippen LogP contribution is -2.41. The summed E-state index contributed by atoms with van der Waals surface area (Å²) in [5.41, 5.74) is -6.39. The molecular weight excluding hydrogens is 307 g/mol. The van der Waals surface area contributed by atoms with Gasteiger partial charge in [-0.3, -0.25) is 0 Å². The molecule has 0 aromatic heterocycles. The zero-order valence-corrected chi connectivity index (χ0v) is 12.6. The van der Waals surface area contributed by atoms with Crippen LogP contribution in [-0.2, 0) is 9.84 Å². The number of nitrogens with one attached hydrogen (secondary N) is 1. The Bertz CT molecular complexity index is 572. The Morgan fingerprint density at radius 1 is 1.14 bits per heavy atom. The quantitative estimate of drug-likeness (QED) is 0.844. The molecule has 1 aromatic rings. The molecule has 120 valence electrons. The molecule has 1 rings (SSSR count). The second kappa shape index (κ2) is 6.23. The molecule has 2 N–H and O–H groups in total. The summed E-state index contributed by atoms with van der Waals surface area (Å²) in [4.78, 5) is -0.836. The highest BCUT2D eigenvalue weighted by Crippen LogP contribution is 2.35. The van der Waals surface area contributed by atoms with Gasteiger partial charge in [0.2, 0.25) is 0 Å². The number of rotatable bonds is 6. The van der Waals surface area contributed by atoms with Crippen LogP contribution in [0.4, 0.5) is 18.9 Å². The average molecular weight is 325 g/mol. The highest BCUT2D eigenvalue weighted by atomic mass is 32.2. The van der Waals surface area contributed by atoms with E-state index >= 15 is 0 Å². The minimum Gasteiger partial charge on any atom is -0.394 e. The van der Waals surface area contributed by atoms with Crippen molar-refractivity contribution in [1.29, 1.82) is 0 Å². The van der Waals surface area contributed by atoms with E-state index < -0.39 is 25.8 Å². The summed E-state index contributed by atoms with van der Waals surface area (Å²) < 4.78 is 61.3. The van der Waals surface area contributed by atoms with Crippen LogP contribution in [0.2, 0.25) is 0 Å². The van der Waals surface area contributed by atoms with Crippen molar-refractivity contribution in [2.75, 3.05) is 11.9 Å². The second-order valence-corrected chi connectivity index (χ2v) is 6.63. The number of aliphatic hydroxyl groups excluding tert-OH is 1. The number of para-hydroxylation sites is 1. The molecule has 0 saturated carbocycles. The van der Waals surface area contributed by atoms with Crippen LogP contribution in [0.15, 0.2) is 29.2 Å². The molecule has 0 spiro atoms. The maximum Gasteiger partial charge on any atom is 0.501 e. The second-order valence-electron chi connectivity index (χ2n) is 4.72. The lowest BCUT2D eigenvalue weighted by Gasteiger charge is -2.32. The molecule has 0 bridgehead atoms. The van der Waals surface area contributed by atoms with Crippen molar-refractivity contribution in [3.63, 3.8) is 0 Å². The zero-order valence-electron chi connectivity index (χ0n) is 11.7. The van der Waals surface area contributed by atoms with Gasteiger partial charge < -0.3 is 10.4 Å². The van der Waals surface area contributed by atoms with Crippen LogP contribution in [0, 0.1) is 0 Å². The Morgan fingerprint density at radius 2 is 1.67 bits per heavy atom. The Balaban J connectivity index is 3.36. The van der Waals surface area contributed by atoms with Crippen molar-refractivity contribution in [2.45, 2.75) is 42.6 Å². The molecule has 4 nitrogen and oxygen atoms in total. The maximum atomic E-state index is 12.7. The van der Waals surface area contributed by atoms with Crippen LogP contribution >= 0.6 is 0 Å². The lowest BCUT2D eigenvalue weighted by molar-refractivity contribution is -0.0435. The molecule has 1 aromatic carbocycles. The first-order chi connectivity index (χ1) is 9.63. The van der Waals surface area contributed by atoms with Crippen LogP contribution in [0.1, 0.15) is 26.7 Å². The van der Waals surface area contributed by atoms with Crippen LogP contribution in [-0.4, -0.2) is 31.2 Å². The molecular formula is C13H18F3NO3S. The zero-order chi connectivity index (χ0) is 16.3. The molecule has 0 aliphatic carbocycles. The fraction of sp³-hybridized carbons (Fsp3) is 0.538. The Kier molecular flexibility index (Phi) is 5.27. The van der Waals surface area contributed by atoms with Gasteiger partial charge in [0, 0.05) is 0 Å². The third-order valence-corrected chi connectivity index (χ3v) is 5.08. The average Bonchev–Trinajstić information content (AvgIpc) is 2.44. The number of anilines is 1. The first kappa shape index (κ1) is 17.8. The first-order valence-electron chi connectivity index (χ1n) is 6.43. The summed E-state index contributed by atoms with van der Waals surface area (Å²) in [7, 11) is -5.45. The monoisotopic (exact) mass is 325 g/mol. The molecule has 0 heterocycles. The molecule has 0 aliphatic heterocycles. The molecule has 0 unspecified atom stereocenters. The standard InChI is InChI=1S/C13H18F3NO3S/c1-3-12(4-2,9-18)17-10-7-5-6-8-11(10)21(19,20)13(14,15)16/h5-8,17-18H,3-4,9H2,1-2H3. The molecule has 0 saturated heterocycles. The van der Waals surface area contributed by atoms with Crippen LogP contribution < -0.4 is 5.32 Å². The topological polar surface area (TPSA) is 66.4 Å². The van der Waals surface area contributed by atoms with E-state index in [1.165, 1.54) is 18.2 Å². The van der Waals surface area contributed by atoms with Gasteiger partial charge in [-0.25, -0.2) is 8.42 Å². The van der Waals surface area contributed by atoms with Crippen LogP contribution in [0.5, 0.6) is 0 Å². The smallest absolute Gasteiger partial charge is 0.394 e. The fourth-order valence-electron chi connectivity index (χ4n) is 1.90. The summed E-state index contributed by atoms with van der Waals surface area (Å²) in [6.07, 6.45) is 0.862. The van der Waals surface area contributed by atoms with Gasteiger partial charge in [-0.2, -0.15) is 13.2 Å². The van der Waals surface area contributed by atoms with Crippen molar-refractivity contribution >= 4 is 15.5 Å². The van der Waals surface area contributed by atoms with E-state index in [0.29, 0.717) is 12.8 Å². The highest BCUT2D eigenvalue weighted by Gasteiger charge is 2.48. The summed E-state index contributed by atoms with van der Waals surface area (Å²) in [5, 5.41) is 12.2. The molecule has 0 fully saturated rings. The number of hydrogen-bond acceptors (Lipinski definition) is 4. The number of benzene rings is 1. The molecule has 21 heavy (non-hydrogen) atoms. The van der Waals surface area contributed by atoms with Crippen molar-refractivity contribution in [1.82, 2.24) is 0 Å². The van der Waals surface area contributed by atoms with Gasteiger partial charge in [0.05, 0.1) is 22.7 Å². The minimum absolute atomic E-state index is 0.160. The van der Waals surface area contributed by atoms with Gasteiger partial charge in [-0.1, -0.05) is 26.0 Å². The van der Waals surface area contributed by atoms with E-state index in [1.807, 2.05) is 0 Å². The molecule has 8 heteroatoms. The van der Waals surface area contributed by atoms with E-state index in [1.54, 1.807) is 13.8 Å². The highest BCUT2D eigenvalue weighted by molar-refractivity contribution is 7.92. The van der Waals surface area contributed by atoms with Gasteiger partial charge in [-0.15, -0.1) is 0 Å². The van der Waals surface area contributed by atoms with E-state index in [0.717, 1.165) is 6.07 Å². The molecule has 0 aliphatic rings. The normalized spacial score (nSPS) is 13.2. The number of aliphatic hydroxyl groups is 1. The Labute approximate surface area is 121 Å². The van der Waals surface area contributed by atoms with E-state index in [9.17, 15) is 26.7 Å². The van der Waals surface area contributed by atoms with Crippen LogP contribution in [0.3, 0.4) is 0 Å². The predicted octanol–water partition coefficient (Wildman–Crippen LogP) is 2.94. The van der Waals surface area contributed by atoms with Crippen LogP contribution in [0.25, 0.3) is 0 Å². The largest absolute Gasteiger partial charge is 0.501 e. The fourth-order valence-corrected chi connectivity index (χ4v) is 2.82. The molecule has 0 amide bonds.